The number of rotatable bonds is 20. The third-order valence-electron chi connectivity index (χ3n) is 8.38. The van der Waals surface area contributed by atoms with E-state index in [1.54, 1.807) is 60.7 Å². The number of aliphatic imine (C=N–C) groups is 1. The van der Waals surface area contributed by atoms with E-state index in [1.165, 1.54) is 0 Å². The molecule has 1 aliphatic carbocycles. The Kier molecular flexibility index (Phi) is 16.4. The average molecular weight is 750 g/mol. The minimum absolute atomic E-state index is 0.0261. The van der Waals surface area contributed by atoms with Gasteiger partial charge >= 0.3 is 23.9 Å². The molecule has 0 saturated heterocycles. The van der Waals surface area contributed by atoms with Gasteiger partial charge in [-0.05, 0) is 123 Å². The van der Waals surface area contributed by atoms with Gasteiger partial charge in [-0.25, -0.2) is 19.2 Å². The summed E-state index contributed by atoms with van der Waals surface area (Å²) in [6, 6.07) is 19.0. The third-order valence-corrected chi connectivity index (χ3v) is 8.38. The van der Waals surface area contributed by atoms with Crippen molar-refractivity contribution in [2.45, 2.75) is 52.6 Å². The van der Waals surface area contributed by atoms with Crippen LogP contribution in [0.3, 0.4) is 0 Å². The standard InChI is InChI=1S/C44H47NO10/c1-6-41(46)52-26-10-8-24-50-36-17-14-34(15-18-36)43(48)55-38-21-22-39(30(3)29-38)45-32(5)33-12-19-37(20-13-33)54-44(49)35-16-23-40(31(4)28-35)51-25-9-11-27-53-42(47)7-2/h6-7,12-23,28-29,31,40H,1-2,8-11,24-27H2,3-5H3. The number of carbonyl (C=O) groups is 4. The van der Waals surface area contributed by atoms with Crippen LogP contribution in [0.5, 0.6) is 17.2 Å². The fraction of sp³-hybridized carbons (Fsp3) is 0.295. The van der Waals surface area contributed by atoms with Crippen molar-refractivity contribution in [1.82, 2.24) is 0 Å². The van der Waals surface area contributed by atoms with Crippen molar-refractivity contribution in [3.8, 4) is 17.2 Å². The predicted molar refractivity (Wildman–Crippen MR) is 209 cm³/mol. The van der Waals surface area contributed by atoms with Gasteiger partial charge in [0.2, 0.25) is 0 Å². The second-order valence-corrected chi connectivity index (χ2v) is 12.7. The SMILES string of the molecule is C=CC(=O)OCCCCOc1ccc(C(=O)Oc2ccc(N=C(C)c3ccc(OC(=O)C4=CC(C)C(OCCCCOC(=O)C=C)C=C4)cc3)c(C)c2)cc1. The molecule has 1 aliphatic rings. The topological polar surface area (TPSA) is 136 Å². The molecular weight excluding hydrogens is 702 g/mol. The fourth-order valence-corrected chi connectivity index (χ4v) is 5.28. The van der Waals surface area contributed by atoms with Crippen LogP contribution in [0.2, 0.25) is 0 Å². The van der Waals surface area contributed by atoms with Gasteiger partial charge in [-0.2, -0.15) is 0 Å². The lowest BCUT2D eigenvalue weighted by Crippen LogP contribution is -2.24. The van der Waals surface area contributed by atoms with Gasteiger partial charge in [0.1, 0.15) is 17.2 Å². The van der Waals surface area contributed by atoms with E-state index in [4.69, 9.17) is 33.4 Å². The molecule has 11 heteroatoms. The zero-order valence-electron chi connectivity index (χ0n) is 31.5. The maximum atomic E-state index is 12.9. The maximum absolute atomic E-state index is 12.9. The van der Waals surface area contributed by atoms with Crippen molar-refractivity contribution in [3.05, 3.63) is 133 Å². The summed E-state index contributed by atoms with van der Waals surface area (Å²) in [5.74, 6) is -0.448. The first-order valence-corrected chi connectivity index (χ1v) is 18.1. The number of ether oxygens (including phenoxy) is 6. The highest BCUT2D eigenvalue weighted by molar-refractivity contribution is 6.00. The van der Waals surface area contributed by atoms with Gasteiger partial charge < -0.3 is 28.4 Å². The Morgan fingerprint density at radius 3 is 1.89 bits per heavy atom. The first kappa shape index (κ1) is 41.7. The van der Waals surface area contributed by atoms with Gasteiger partial charge in [0.05, 0.1) is 42.7 Å². The largest absolute Gasteiger partial charge is 0.494 e. The molecule has 55 heavy (non-hydrogen) atoms. The summed E-state index contributed by atoms with van der Waals surface area (Å²) in [4.78, 5) is 52.6. The lowest BCUT2D eigenvalue weighted by molar-refractivity contribution is -0.138. The van der Waals surface area contributed by atoms with Crippen LogP contribution < -0.4 is 14.2 Å². The van der Waals surface area contributed by atoms with E-state index in [2.05, 4.69) is 13.2 Å². The molecule has 3 aromatic carbocycles. The molecule has 0 radical (unpaired) electrons. The Bertz CT molecular complexity index is 1910. The molecule has 0 N–H and O–H groups in total. The van der Waals surface area contributed by atoms with Gasteiger partial charge in [0, 0.05) is 30.4 Å². The van der Waals surface area contributed by atoms with Crippen LogP contribution in [0.1, 0.15) is 61.0 Å². The smallest absolute Gasteiger partial charge is 0.343 e. The second-order valence-electron chi connectivity index (χ2n) is 12.7. The quantitative estimate of drug-likeness (QED) is 0.0366. The molecule has 3 aromatic rings. The van der Waals surface area contributed by atoms with E-state index in [-0.39, 0.29) is 12.0 Å². The van der Waals surface area contributed by atoms with Crippen LogP contribution in [0, 0.1) is 12.8 Å². The average Bonchev–Trinajstić information content (AvgIpc) is 3.19. The molecule has 2 unspecified atom stereocenters. The zero-order valence-corrected chi connectivity index (χ0v) is 31.5. The van der Waals surface area contributed by atoms with E-state index in [9.17, 15) is 19.2 Å². The van der Waals surface area contributed by atoms with Crippen molar-refractivity contribution in [2.75, 3.05) is 26.4 Å². The van der Waals surface area contributed by atoms with E-state index >= 15 is 0 Å². The third kappa shape index (κ3) is 13.7. The first-order chi connectivity index (χ1) is 26.6. The Morgan fingerprint density at radius 1 is 0.709 bits per heavy atom. The van der Waals surface area contributed by atoms with Gasteiger partial charge in [0.15, 0.2) is 0 Å². The molecule has 0 heterocycles. The summed E-state index contributed by atoms with van der Waals surface area (Å²) in [7, 11) is 0. The number of esters is 4. The van der Waals surface area contributed by atoms with Gasteiger partial charge in [-0.1, -0.05) is 32.2 Å². The van der Waals surface area contributed by atoms with Gasteiger partial charge in [-0.15, -0.1) is 0 Å². The Balaban J connectivity index is 1.22. The molecule has 11 nitrogen and oxygen atoms in total. The summed E-state index contributed by atoms with van der Waals surface area (Å²) in [5, 5.41) is 0. The van der Waals surface area contributed by atoms with E-state index in [1.807, 2.05) is 45.1 Å². The summed E-state index contributed by atoms with van der Waals surface area (Å²) in [5.41, 5.74) is 3.96. The van der Waals surface area contributed by atoms with E-state index in [0.717, 1.165) is 41.1 Å². The number of hydrogen-bond acceptors (Lipinski definition) is 11. The van der Waals surface area contributed by atoms with Crippen LogP contribution in [0.15, 0.2) is 121 Å². The summed E-state index contributed by atoms with van der Waals surface area (Å²) >= 11 is 0. The van der Waals surface area contributed by atoms with Gasteiger partial charge in [-0.3, -0.25) is 4.99 Å². The monoisotopic (exact) mass is 749 g/mol. The highest BCUT2D eigenvalue weighted by atomic mass is 16.5. The molecule has 0 aromatic heterocycles. The van der Waals surface area contributed by atoms with E-state index in [0.29, 0.717) is 74.1 Å². The Labute approximate surface area is 321 Å². The molecule has 288 valence electrons. The van der Waals surface area contributed by atoms with Crippen LogP contribution >= 0.6 is 0 Å². The Morgan fingerprint density at radius 2 is 1.27 bits per heavy atom. The number of aryl methyl sites for hydroxylation is 1. The molecule has 0 amide bonds. The van der Waals surface area contributed by atoms with E-state index < -0.39 is 23.9 Å². The number of hydrogen-bond donors (Lipinski definition) is 0. The molecule has 0 bridgehead atoms. The summed E-state index contributed by atoms with van der Waals surface area (Å²) in [6.45, 7) is 14.1. The van der Waals surface area contributed by atoms with Crippen molar-refractivity contribution in [2.24, 2.45) is 10.9 Å². The molecule has 4 rings (SSSR count). The van der Waals surface area contributed by atoms with Crippen LogP contribution in [0.25, 0.3) is 0 Å². The number of unbranched alkanes of at least 4 members (excludes halogenated alkanes) is 2. The van der Waals surface area contributed by atoms with Crippen LogP contribution in [0.4, 0.5) is 5.69 Å². The fourth-order valence-electron chi connectivity index (χ4n) is 5.28. The molecule has 0 fully saturated rings. The van der Waals surface area contributed by atoms with Crippen molar-refractivity contribution in [3.63, 3.8) is 0 Å². The highest BCUT2D eigenvalue weighted by Crippen LogP contribution is 2.27. The van der Waals surface area contributed by atoms with Crippen LogP contribution in [-0.2, 0) is 28.6 Å². The molecule has 0 saturated carbocycles. The number of benzene rings is 3. The van der Waals surface area contributed by atoms with Crippen molar-refractivity contribution < 1.29 is 47.6 Å². The zero-order chi connectivity index (χ0) is 39.6. The van der Waals surface area contributed by atoms with Crippen LogP contribution in [-0.4, -0.2) is 62.1 Å². The lowest BCUT2D eigenvalue weighted by atomic mass is 9.95. The minimum Gasteiger partial charge on any atom is -0.494 e. The summed E-state index contributed by atoms with van der Waals surface area (Å²) < 4.78 is 32.8. The summed E-state index contributed by atoms with van der Waals surface area (Å²) in [6.07, 6.45) is 10.3. The number of carbonyl (C=O) groups excluding carboxylic acids is 4. The first-order valence-electron chi connectivity index (χ1n) is 18.1. The second kappa shape index (κ2) is 21.6. The lowest BCUT2D eigenvalue weighted by Gasteiger charge is -2.23. The maximum Gasteiger partial charge on any atom is 0.343 e. The predicted octanol–water partition coefficient (Wildman–Crippen LogP) is 8.18. The van der Waals surface area contributed by atoms with Crippen molar-refractivity contribution >= 4 is 35.3 Å². The molecular formula is C44H47NO10. The normalized spacial score (nSPS) is 15.0. The molecule has 0 aliphatic heterocycles. The minimum atomic E-state index is -0.499. The number of nitrogens with zero attached hydrogens (tertiary/aromatic N) is 1. The van der Waals surface area contributed by atoms with Gasteiger partial charge in [0.25, 0.3) is 0 Å². The highest BCUT2D eigenvalue weighted by Gasteiger charge is 2.22. The Hall–Kier alpha value is -6.07. The molecule has 0 spiro atoms. The van der Waals surface area contributed by atoms with Crippen molar-refractivity contribution in [1.29, 1.82) is 0 Å². The molecule has 2 atom stereocenters.